The van der Waals surface area contributed by atoms with E-state index in [4.69, 9.17) is 4.74 Å². The molecule has 2 saturated heterocycles. The topological polar surface area (TPSA) is 75.5 Å². The Bertz CT molecular complexity index is 609. The van der Waals surface area contributed by atoms with Crippen molar-refractivity contribution < 1.29 is 9.53 Å². The molecule has 0 spiro atoms. The van der Waals surface area contributed by atoms with Crippen LogP contribution in [0.1, 0.15) is 48.4 Å². The van der Waals surface area contributed by atoms with Gasteiger partial charge in [0.15, 0.2) is 5.69 Å². The van der Waals surface area contributed by atoms with Gasteiger partial charge in [-0.2, -0.15) is 0 Å². The first-order chi connectivity index (χ1) is 12.7. The first-order valence-corrected chi connectivity index (χ1v) is 9.80. The number of piperidine rings is 1. The van der Waals surface area contributed by atoms with Gasteiger partial charge in [0.25, 0.3) is 5.91 Å². The van der Waals surface area contributed by atoms with Crippen molar-refractivity contribution in [1.82, 2.24) is 30.1 Å². The molecule has 1 unspecified atom stereocenters. The summed E-state index contributed by atoms with van der Waals surface area (Å²) in [5.74, 6) is 0.0209. The Morgan fingerprint density at radius 3 is 2.61 bits per heavy atom. The van der Waals surface area contributed by atoms with Crippen LogP contribution in [0.2, 0.25) is 0 Å². The van der Waals surface area contributed by atoms with Crippen molar-refractivity contribution >= 4 is 30.7 Å². The Morgan fingerprint density at radius 1 is 1.25 bits per heavy atom. The number of piperazine rings is 1. The first kappa shape index (κ1) is 25.1. The highest BCUT2D eigenvalue weighted by Crippen LogP contribution is 2.22. The maximum atomic E-state index is 13.1. The molecule has 28 heavy (non-hydrogen) atoms. The SMILES string of the molecule is CCC1CN(C(=O)c2nnn(C3CCNCC3)c2C)CCN1CCOC.Cl.Cl. The zero-order chi connectivity index (χ0) is 18.5. The predicted molar refractivity (Wildman–Crippen MR) is 114 cm³/mol. The molecule has 3 rings (SSSR count). The Hall–Kier alpha value is -0.930. The lowest BCUT2D eigenvalue weighted by Crippen LogP contribution is -2.55. The summed E-state index contributed by atoms with van der Waals surface area (Å²) in [5.41, 5.74) is 1.42. The molecule has 1 amide bonds. The minimum absolute atomic E-state index is 0. The third-order valence-corrected chi connectivity index (χ3v) is 5.73. The number of rotatable bonds is 6. The van der Waals surface area contributed by atoms with Crippen LogP contribution >= 0.6 is 24.8 Å². The van der Waals surface area contributed by atoms with E-state index >= 15 is 0 Å². The number of nitrogens with zero attached hydrogens (tertiary/aromatic N) is 5. The van der Waals surface area contributed by atoms with Crippen LogP contribution in [-0.2, 0) is 4.74 Å². The third kappa shape index (κ3) is 5.57. The highest BCUT2D eigenvalue weighted by Gasteiger charge is 2.31. The van der Waals surface area contributed by atoms with Gasteiger partial charge in [0.05, 0.1) is 18.3 Å². The molecule has 0 aromatic carbocycles. The van der Waals surface area contributed by atoms with Gasteiger partial charge in [-0.15, -0.1) is 29.9 Å². The predicted octanol–water partition coefficient (Wildman–Crippen LogP) is 1.54. The van der Waals surface area contributed by atoms with Crippen LogP contribution in [0, 0.1) is 6.92 Å². The lowest BCUT2D eigenvalue weighted by atomic mass is 10.1. The van der Waals surface area contributed by atoms with Crippen molar-refractivity contribution in [2.24, 2.45) is 0 Å². The molecule has 1 N–H and O–H groups in total. The van der Waals surface area contributed by atoms with Crippen molar-refractivity contribution in [1.29, 1.82) is 0 Å². The van der Waals surface area contributed by atoms with Gasteiger partial charge in [0.2, 0.25) is 0 Å². The van der Waals surface area contributed by atoms with Gasteiger partial charge in [0, 0.05) is 39.3 Å². The number of carbonyl (C=O) groups excluding carboxylic acids is 1. The average molecular weight is 437 g/mol. The summed E-state index contributed by atoms with van der Waals surface area (Å²) in [4.78, 5) is 17.4. The molecular formula is C18H34Cl2N6O2. The van der Waals surface area contributed by atoms with Gasteiger partial charge in [-0.3, -0.25) is 9.69 Å². The molecular weight excluding hydrogens is 403 g/mol. The summed E-state index contributed by atoms with van der Waals surface area (Å²) in [6.45, 7) is 10.2. The molecule has 162 valence electrons. The van der Waals surface area contributed by atoms with Crippen LogP contribution in [0.15, 0.2) is 0 Å². The molecule has 2 fully saturated rings. The van der Waals surface area contributed by atoms with Crippen molar-refractivity contribution in [2.45, 2.75) is 45.2 Å². The van der Waals surface area contributed by atoms with Crippen LogP contribution in [0.5, 0.6) is 0 Å². The summed E-state index contributed by atoms with van der Waals surface area (Å²) in [6, 6.07) is 0.724. The molecule has 8 nitrogen and oxygen atoms in total. The molecule has 0 bridgehead atoms. The monoisotopic (exact) mass is 436 g/mol. The Kier molecular flexibility index (Phi) is 10.7. The number of nitrogens with one attached hydrogen (secondary N) is 1. The van der Waals surface area contributed by atoms with Crippen molar-refractivity contribution in [3.05, 3.63) is 11.4 Å². The molecule has 10 heteroatoms. The Labute approximate surface area is 180 Å². The molecule has 2 aliphatic rings. The van der Waals surface area contributed by atoms with E-state index in [1.807, 2.05) is 16.5 Å². The molecule has 1 aromatic heterocycles. The lowest BCUT2D eigenvalue weighted by Gasteiger charge is -2.40. The molecule has 2 aliphatic heterocycles. The summed E-state index contributed by atoms with van der Waals surface area (Å²) in [7, 11) is 1.73. The number of carbonyl (C=O) groups is 1. The first-order valence-electron chi connectivity index (χ1n) is 9.80. The molecule has 1 atom stereocenters. The van der Waals surface area contributed by atoms with Gasteiger partial charge in [0.1, 0.15) is 0 Å². The normalized spacial score (nSPS) is 21.1. The maximum absolute atomic E-state index is 13.1. The van der Waals surface area contributed by atoms with Crippen LogP contribution in [0.25, 0.3) is 0 Å². The number of amides is 1. The summed E-state index contributed by atoms with van der Waals surface area (Å²) < 4.78 is 7.17. The van der Waals surface area contributed by atoms with Gasteiger partial charge in [-0.25, -0.2) is 4.68 Å². The van der Waals surface area contributed by atoms with Crippen LogP contribution in [0.3, 0.4) is 0 Å². The van der Waals surface area contributed by atoms with Crippen molar-refractivity contribution in [2.75, 3.05) is 53.0 Å². The summed E-state index contributed by atoms with van der Waals surface area (Å²) >= 11 is 0. The van der Waals surface area contributed by atoms with E-state index in [0.29, 0.717) is 17.8 Å². The van der Waals surface area contributed by atoms with E-state index in [9.17, 15) is 4.79 Å². The summed E-state index contributed by atoms with van der Waals surface area (Å²) in [5, 5.41) is 11.9. The van der Waals surface area contributed by atoms with E-state index in [0.717, 1.165) is 70.8 Å². The van der Waals surface area contributed by atoms with E-state index in [2.05, 4.69) is 27.5 Å². The zero-order valence-corrected chi connectivity index (χ0v) is 18.7. The lowest BCUT2D eigenvalue weighted by molar-refractivity contribution is 0.0380. The summed E-state index contributed by atoms with van der Waals surface area (Å²) in [6.07, 6.45) is 3.09. The highest BCUT2D eigenvalue weighted by atomic mass is 35.5. The fraction of sp³-hybridized carbons (Fsp3) is 0.833. The number of hydrogen-bond acceptors (Lipinski definition) is 6. The fourth-order valence-corrected chi connectivity index (χ4v) is 4.05. The number of hydrogen-bond donors (Lipinski definition) is 1. The molecule has 0 saturated carbocycles. The highest BCUT2D eigenvalue weighted by molar-refractivity contribution is 5.93. The second kappa shape index (κ2) is 11.9. The second-order valence-corrected chi connectivity index (χ2v) is 7.29. The van der Waals surface area contributed by atoms with E-state index < -0.39 is 0 Å². The Morgan fingerprint density at radius 2 is 1.96 bits per heavy atom. The Balaban J connectivity index is 0.00000196. The number of halogens is 2. The van der Waals surface area contributed by atoms with E-state index in [1.54, 1.807) is 7.11 Å². The van der Waals surface area contributed by atoms with Gasteiger partial charge in [-0.05, 0) is 39.3 Å². The molecule has 0 aliphatic carbocycles. The quantitative estimate of drug-likeness (QED) is 0.728. The third-order valence-electron chi connectivity index (χ3n) is 5.73. The van der Waals surface area contributed by atoms with Crippen molar-refractivity contribution in [3.8, 4) is 0 Å². The van der Waals surface area contributed by atoms with Crippen molar-refractivity contribution in [3.63, 3.8) is 0 Å². The van der Waals surface area contributed by atoms with E-state index in [1.165, 1.54) is 0 Å². The van der Waals surface area contributed by atoms with Crippen LogP contribution in [0.4, 0.5) is 0 Å². The van der Waals surface area contributed by atoms with Gasteiger partial charge >= 0.3 is 0 Å². The molecule has 0 radical (unpaired) electrons. The largest absolute Gasteiger partial charge is 0.383 e. The number of ether oxygens (including phenoxy) is 1. The zero-order valence-electron chi connectivity index (χ0n) is 17.1. The minimum atomic E-state index is 0. The minimum Gasteiger partial charge on any atom is -0.383 e. The average Bonchev–Trinajstić information content (AvgIpc) is 3.07. The smallest absolute Gasteiger partial charge is 0.276 e. The molecule has 3 heterocycles. The van der Waals surface area contributed by atoms with E-state index in [-0.39, 0.29) is 30.7 Å². The van der Waals surface area contributed by atoms with Gasteiger partial charge in [-0.1, -0.05) is 12.1 Å². The number of methoxy groups -OCH3 is 1. The molecule has 1 aromatic rings. The van der Waals surface area contributed by atoms with Crippen LogP contribution in [-0.4, -0.2) is 89.7 Å². The fourth-order valence-electron chi connectivity index (χ4n) is 4.05. The number of aromatic nitrogens is 3. The standard InChI is InChI=1S/C18H32N6O2.2ClH/c1-4-15-13-23(10-9-22(15)11-12-26-3)18(25)17-14(2)24(21-20-17)16-5-7-19-8-6-16;;/h15-16,19H,4-13H2,1-3H3;2*1H. The maximum Gasteiger partial charge on any atom is 0.276 e. The second-order valence-electron chi connectivity index (χ2n) is 7.29. The van der Waals surface area contributed by atoms with Gasteiger partial charge < -0.3 is 15.0 Å². The van der Waals surface area contributed by atoms with Crippen LogP contribution < -0.4 is 5.32 Å².